The number of amides is 3. The van der Waals surface area contributed by atoms with Crippen molar-refractivity contribution in [1.82, 2.24) is 15.2 Å². The molecular formula is C16H19ClN5NaO7S2. The van der Waals surface area contributed by atoms with Gasteiger partial charge >= 0.3 is 35.5 Å². The van der Waals surface area contributed by atoms with Gasteiger partial charge in [-0.3, -0.25) is 19.2 Å². The maximum absolute atomic E-state index is 12.8. The predicted octanol–water partition coefficient (Wildman–Crippen LogP) is -3.75. The molecule has 170 valence electrons. The van der Waals surface area contributed by atoms with Crippen molar-refractivity contribution < 1.29 is 65.2 Å². The third-order valence-corrected chi connectivity index (χ3v) is 7.29. The number of aliphatic carboxylic acids is 1. The van der Waals surface area contributed by atoms with E-state index >= 15 is 0 Å². The van der Waals surface area contributed by atoms with Crippen molar-refractivity contribution in [3.63, 3.8) is 0 Å². The van der Waals surface area contributed by atoms with Gasteiger partial charge in [-0.15, -0.1) is 34.7 Å². The number of carbonyl (C=O) groups excluding carboxylic acids is 3. The Morgan fingerprint density at radius 2 is 2.22 bits per heavy atom. The van der Waals surface area contributed by atoms with Crippen LogP contribution in [-0.2, 0) is 24.0 Å². The second kappa shape index (κ2) is 11.1. The Morgan fingerprint density at radius 3 is 2.81 bits per heavy atom. The summed E-state index contributed by atoms with van der Waals surface area (Å²) in [6, 6.07) is -0.890. The number of carbonyl (C=O) groups is 4. The number of halogens is 1. The first-order chi connectivity index (χ1) is 14.8. The van der Waals surface area contributed by atoms with Gasteiger partial charge in [0, 0.05) is 17.7 Å². The molecule has 0 bridgehead atoms. The molecule has 12 nitrogen and oxygen atoms in total. The number of hydrogen-bond acceptors (Lipinski definition) is 10. The van der Waals surface area contributed by atoms with E-state index in [1.54, 1.807) is 0 Å². The number of aromatic nitrogens is 1. The Balaban J connectivity index is 0.00000272. The molecule has 4 N–H and O–H groups in total. The van der Waals surface area contributed by atoms with Crippen molar-refractivity contribution >= 4 is 69.2 Å². The van der Waals surface area contributed by atoms with Crippen LogP contribution in [0, 0.1) is 5.41 Å². The molecule has 0 radical (unpaired) electrons. The maximum atomic E-state index is 12.8. The summed E-state index contributed by atoms with van der Waals surface area (Å²) < 4.78 is 0. The van der Waals surface area contributed by atoms with Crippen molar-refractivity contribution in [3.8, 4) is 0 Å². The van der Waals surface area contributed by atoms with Crippen LogP contribution in [0.5, 0.6) is 0 Å². The quantitative estimate of drug-likeness (QED) is 0.0892. The molecule has 2 fully saturated rings. The average molecular weight is 516 g/mol. The molecule has 3 rings (SSSR count). The summed E-state index contributed by atoms with van der Waals surface area (Å²) >= 11 is 7.65. The van der Waals surface area contributed by atoms with Gasteiger partial charge < -0.3 is 32.0 Å². The Morgan fingerprint density at radius 1 is 1.50 bits per heavy atom. The summed E-state index contributed by atoms with van der Waals surface area (Å²) in [7, 11) is 1.24. The fourth-order valence-electron chi connectivity index (χ4n) is 3.02. The van der Waals surface area contributed by atoms with Crippen molar-refractivity contribution in [2.45, 2.75) is 11.4 Å². The molecule has 2 aliphatic rings. The summed E-state index contributed by atoms with van der Waals surface area (Å²) in [6.07, 6.45) is 0. The van der Waals surface area contributed by atoms with Gasteiger partial charge in [0.15, 0.2) is 10.8 Å². The van der Waals surface area contributed by atoms with Gasteiger partial charge in [-0.1, -0.05) is 5.16 Å². The van der Waals surface area contributed by atoms with Crippen LogP contribution in [0.2, 0.25) is 0 Å². The maximum Gasteiger partial charge on any atom is 1.00 e. The van der Waals surface area contributed by atoms with Gasteiger partial charge in [-0.2, -0.15) is 0 Å². The summed E-state index contributed by atoms with van der Waals surface area (Å²) in [5, 5.41) is 28.8. The largest absolute Gasteiger partial charge is 1.00 e. The topological polar surface area (TPSA) is 171 Å². The van der Waals surface area contributed by atoms with Gasteiger partial charge in [0.25, 0.3) is 5.91 Å². The number of β-lactam (4-membered cyclic amide) rings is 1. The molecule has 0 saturated carbocycles. The number of fused-ring (bicyclic) bond motifs is 1. The van der Waals surface area contributed by atoms with E-state index in [1.807, 2.05) is 0 Å². The van der Waals surface area contributed by atoms with Crippen molar-refractivity contribution in [2.75, 3.05) is 37.2 Å². The summed E-state index contributed by atoms with van der Waals surface area (Å²) in [6.45, 7) is -0.740. The number of hydrogen-bond donors (Lipinski definition) is 4. The first kappa shape index (κ1) is 26.8. The van der Waals surface area contributed by atoms with Crippen molar-refractivity contribution in [2.24, 2.45) is 10.6 Å². The number of nitrogens with one attached hydrogen (secondary N) is 2. The number of aliphatic hydroxyl groups is 1. The van der Waals surface area contributed by atoms with E-state index in [2.05, 4.69) is 20.8 Å². The van der Waals surface area contributed by atoms with Crippen LogP contribution in [0.4, 0.5) is 5.13 Å². The number of carboxylic acid groups (broad SMARTS) is 1. The number of thiazole rings is 1. The Bertz CT molecular complexity index is 954. The molecule has 2 aliphatic heterocycles. The molecule has 0 spiro atoms. The zero-order valence-corrected chi connectivity index (χ0v) is 21.4. The van der Waals surface area contributed by atoms with E-state index in [9.17, 15) is 29.4 Å². The van der Waals surface area contributed by atoms with Gasteiger partial charge in [0.2, 0.25) is 11.8 Å². The molecule has 16 heteroatoms. The molecule has 32 heavy (non-hydrogen) atoms. The van der Waals surface area contributed by atoms with Crippen LogP contribution in [0.15, 0.2) is 10.5 Å². The van der Waals surface area contributed by atoms with Gasteiger partial charge in [0.1, 0.15) is 35.5 Å². The normalized spacial score (nSPS) is 24.5. The summed E-state index contributed by atoms with van der Waals surface area (Å²) in [5.74, 6) is -3.00. The van der Waals surface area contributed by atoms with E-state index in [0.29, 0.717) is 0 Å². The first-order valence-corrected chi connectivity index (χ1v) is 11.2. The van der Waals surface area contributed by atoms with E-state index in [4.69, 9.17) is 16.4 Å². The monoisotopic (exact) mass is 515 g/mol. The number of rotatable bonds is 8. The molecule has 3 heterocycles. The van der Waals surface area contributed by atoms with Crippen LogP contribution < -0.4 is 40.2 Å². The van der Waals surface area contributed by atoms with E-state index in [-0.39, 0.29) is 65.7 Å². The van der Waals surface area contributed by atoms with Gasteiger partial charge in [0.05, 0.1) is 6.61 Å². The molecule has 0 aliphatic carbocycles. The fourth-order valence-corrected chi connectivity index (χ4v) is 5.33. The average Bonchev–Trinajstić information content (AvgIpc) is 3.22. The number of nitrogens with zero attached hydrogens (tertiary/aromatic N) is 3. The predicted molar refractivity (Wildman–Crippen MR) is 113 cm³/mol. The molecule has 2 unspecified atom stereocenters. The Labute approximate surface area is 218 Å². The van der Waals surface area contributed by atoms with Crippen molar-refractivity contribution in [1.29, 1.82) is 0 Å². The third kappa shape index (κ3) is 5.21. The molecule has 1 aromatic rings. The number of anilines is 1. The zero-order valence-electron chi connectivity index (χ0n) is 18.0. The van der Waals surface area contributed by atoms with Crippen LogP contribution in [0.1, 0.15) is 7.12 Å². The second-order valence-corrected chi connectivity index (χ2v) is 8.93. The Kier molecular flexibility index (Phi) is 9.34. The van der Waals surface area contributed by atoms with Crippen LogP contribution in [0.25, 0.3) is 0 Å². The van der Waals surface area contributed by atoms with Gasteiger partial charge in [-0.25, -0.2) is 4.98 Å². The zero-order chi connectivity index (χ0) is 22.8. The Hall–Kier alpha value is -1.42. The number of thioether (sulfide) groups is 1. The minimum atomic E-state index is -1.43. The summed E-state index contributed by atoms with van der Waals surface area (Å²) in [5.41, 5.74) is -1.51. The SMILES string of the molecule is CON=C(C(=O)NC1C(=O)N2CC(CO)(C(=O)O)CS[C@H]12)c1csc(NC(=O)CCl)n1.[H-].[Na+]. The molecule has 3 atom stereocenters. The fraction of sp³-hybridized carbons (Fsp3) is 0.500. The second-order valence-electron chi connectivity index (χ2n) is 6.70. The smallest absolute Gasteiger partial charge is 1.00 e. The van der Waals surface area contributed by atoms with E-state index in [1.165, 1.54) is 29.2 Å². The van der Waals surface area contributed by atoms with Gasteiger partial charge in [-0.05, 0) is 0 Å². The molecule has 3 amide bonds. The van der Waals surface area contributed by atoms with Crippen LogP contribution >= 0.6 is 34.7 Å². The number of alkyl halides is 1. The standard InChI is InChI=1S/C16H18ClN5O7S2.Na.H/c1-29-21-9(7-3-30-15(18-7)19-8(24)2-17)11(25)20-10-12(26)22-4-16(5-23,14(27)28)6-31-13(10)22;;/h3,10,13,23H,2,4-6H2,1H3,(H,20,25)(H,27,28)(H,18,19,24);;/q;+1;-1/t10?,13-,16?;;/m1../s1. The first-order valence-electron chi connectivity index (χ1n) is 8.76. The van der Waals surface area contributed by atoms with E-state index in [0.717, 1.165) is 11.3 Å². The minimum absolute atomic E-state index is 0. The molecule has 1 aromatic heterocycles. The number of aliphatic hydroxyl groups excluding tert-OH is 1. The van der Waals surface area contributed by atoms with E-state index < -0.39 is 47.1 Å². The van der Waals surface area contributed by atoms with Crippen LogP contribution in [-0.4, -0.2) is 92.8 Å². The number of carboxylic acids is 1. The van der Waals surface area contributed by atoms with Crippen molar-refractivity contribution in [3.05, 3.63) is 11.1 Å². The molecule has 2 saturated heterocycles. The number of oxime groups is 1. The molecular weight excluding hydrogens is 497 g/mol. The summed E-state index contributed by atoms with van der Waals surface area (Å²) in [4.78, 5) is 58.3. The minimum Gasteiger partial charge on any atom is -1.00 e. The third-order valence-electron chi connectivity index (χ3n) is 4.70. The van der Waals surface area contributed by atoms with Crippen LogP contribution in [0.3, 0.4) is 0 Å². The molecule has 0 aromatic carbocycles.